The monoisotopic (exact) mass is 732 g/mol. The Labute approximate surface area is 298 Å². The second kappa shape index (κ2) is 14.9. The molecule has 2 saturated heterocycles. The van der Waals surface area contributed by atoms with Gasteiger partial charge in [0.2, 0.25) is 5.79 Å². The normalized spacial score (nSPS) is 53.2. The first-order valence-corrected chi connectivity index (χ1v) is 18.8. The van der Waals surface area contributed by atoms with Crippen LogP contribution in [0.1, 0.15) is 78.6 Å². The molecule has 10 N–H and O–H groups in total. The van der Waals surface area contributed by atoms with Crippen LogP contribution in [0.5, 0.6) is 0 Å². The van der Waals surface area contributed by atoms with Crippen molar-refractivity contribution in [3.63, 3.8) is 0 Å². The zero-order valence-corrected chi connectivity index (χ0v) is 29.8. The van der Waals surface area contributed by atoms with Crippen molar-refractivity contribution in [2.75, 3.05) is 19.8 Å². The van der Waals surface area contributed by atoms with E-state index in [4.69, 9.17) is 18.9 Å². The van der Waals surface area contributed by atoms with Gasteiger partial charge < -0.3 is 70.0 Å². The molecule has 4 aliphatic carbocycles. The van der Waals surface area contributed by atoms with Crippen molar-refractivity contribution in [1.82, 2.24) is 0 Å². The molecule has 0 aromatic carbocycles. The lowest BCUT2D eigenvalue weighted by Gasteiger charge is -2.63. The highest BCUT2D eigenvalue weighted by atomic mass is 16.8. The maximum absolute atomic E-state index is 13.2. The van der Waals surface area contributed by atoms with Crippen molar-refractivity contribution in [1.29, 1.82) is 0 Å². The SMILES string of the molecule is C[C@H](CCC(=O)OC[C@@]1(O[C@H]2O[C@H](CO)[C@@H](O)[C@H](O)[C@H]2O)O[C@H](CO)[C@@H](O)[C@@H]1O)[C@H]1CC[C@H]2[C@@H]3[C@H](O)CC4C[C@H](O)CC[C@]4(C)[C@H]3C[C@H](O)[C@]12C. The molecule has 20 atom stereocenters. The second-order valence-electron chi connectivity index (χ2n) is 17.1. The summed E-state index contributed by atoms with van der Waals surface area (Å²) in [7, 11) is 0. The second-order valence-corrected chi connectivity index (χ2v) is 17.1. The zero-order valence-electron chi connectivity index (χ0n) is 29.8. The fourth-order valence-corrected chi connectivity index (χ4v) is 11.5. The number of aliphatic hydroxyl groups is 10. The minimum atomic E-state index is -2.34. The summed E-state index contributed by atoms with van der Waals surface area (Å²) >= 11 is 0. The molecule has 2 heterocycles. The van der Waals surface area contributed by atoms with E-state index < -0.39 is 98.2 Å². The third kappa shape index (κ3) is 6.70. The van der Waals surface area contributed by atoms with Crippen molar-refractivity contribution in [3.8, 4) is 0 Å². The first kappa shape index (κ1) is 39.6. The molecule has 0 radical (unpaired) electrons. The van der Waals surface area contributed by atoms with Crippen molar-refractivity contribution in [2.24, 2.45) is 46.3 Å². The minimum absolute atomic E-state index is 0.000819. The van der Waals surface area contributed by atoms with Gasteiger partial charge in [0, 0.05) is 6.42 Å². The smallest absolute Gasteiger partial charge is 0.305 e. The quantitative estimate of drug-likeness (QED) is 0.115. The Morgan fingerprint density at radius 2 is 1.55 bits per heavy atom. The molecular weight excluding hydrogens is 672 g/mol. The van der Waals surface area contributed by atoms with E-state index in [2.05, 4.69) is 20.8 Å². The molecule has 15 heteroatoms. The number of hydrogen-bond acceptors (Lipinski definition) is 15. The predicted octanol–water partition coefficient (Wildman–Crippen LogP) is -1.47. The van der Waals surface area contributed by atoms with Crippen LogP contribution in [0.4, 0.5) is 0 Å². The molecule has 0 spiro atoms. The first-order valence-electron chi connectivity index (χ1n) is 18.8. The van der Waals surface area contributed by atoms with Gasteiger partial charge in [-0.15, -0.1) is 0 Å². The van der Waals surface area contributed by atoms with E-state index in [1.54, 1.807) is 0 Å². The number of hydrogen-bond donors (Lipinski definition) is 10. The van der Waals surface area contributed by atoms with E-state index in [0.29, 0.717) is 25.7 Å². The lowest BCUT2D eigenvalue weighted by molar-refractivity contribution is -0.383. The number of fused-ring (bicyclic) bond motifs is 5. The van der Waals surface area contributed by atoms with Gasteiger partial charge in [-0.25, -0.2) is 0 Å². The van der Waals surface area contributed by atoms with Crippen LogP contribution < -0.4 is 0 Å². The largest absolute Gasteiger partial charge is 0.460 e. The van der Waals surface area contributed by atoms with Crippen LogP contribution in [-0.2, 0) is 23.7 Å². The van der Waals surface area contributed by atoms with E-state index in [9.17, 15) is 55.9 Å². The molecule has 15 nitrogen and oxygen atoms in total. The third-order valence-electron chi connectivity index (χ3n) is 14.6. The van der Waals surface area contributed by atoms with E-state index >= 15 is 0 Å². The summed E-state index contributed by atoms with van der Waals surface area (Å²) in [6.45, 7) is 4.21. The van der Waals surface area contributed by atoms with Crippen LogP contribution in [0.25, 0.3) is 0 Å². The molecule has 1 unspecified atom stereocenters. The maximum Gasteiger partial charge on any atom is 0.305 e. The van der Waals surface area contributed by atoms with Crippen molar-refractivity contribution in [2.45, 2.75) is 152 Å². The van der Waals surface area contributed by atoms with E-state index in [1.165, 1.54) is 0 Å². The summed E-state index contributed by atoms with van der Waals surface area (Å²) < 4.78 is 22.3. The fourth-order valence-electron chi connectivity index (χ4n) is 11.5. The number of aliphatic hydroxyl groups excluding tert-OH is 10. The van der Waals surface area contributed by atoms with E-state index in [1.807, 2.05) is 0 Å². The number of ether oxygens (including phenoxy) is 4. The van der Waals surface area contributed by atoms with Crippen LogP contribution in [0, 0.1) is 46.3 Å². The van der Waals surface area contributed by atoms with Crippen LogP contribution in [-0.4, -0.2) is 150 Å². The van der Waals surface area contributed by atoms with Crippen molar-refractivity contribution >= 4 is 5.97 Å². The van der Waals surface area contributed by atoms with Crippen LogP contribution in [0.2, 0.25) is 0 Å². The van der Waals surface area contributed by atoms with Gasteiger partial charge in [-0.05, 0) is 97.7 Å². The average molecular weight is 733 g/mol. The highest BCUT2D eigenvalue weighted by Gasteiger charge is 2.66. The topological polar surface area (TPSA) is 256 Å². The van der Waals surface area contributed by atoms with Crippen LogP contribution in [0.3, 0.4) is 0 Å². The number of carbonyl (C=O) groups excluding carboxylic acids is 1. The standard InChI is InChI=1S/C36H60O15/c1-16(19-5-6-20-27-21(12-25(41)35(19,20)3)34(2)9-8-18(39)10-17(34)11-22(27)40)4-7-26(42)48-15-36(32(47)29(44)24(14-38)50-36)51-33-31(46)30(45)28(43)23(13-37)49-33/h16-25,27-33,37-41,43-47H,4-15H2,1-3H3/t16-,17?,18-,19-,20+,21+,22-,23-,24-,25+,27+,28-,29-,30+,31-,32+,33-,34+,35-,36+/m1/s1. The fraction of sp³-hybridized carbons (Fsp3) is 0.972. The maximum atomic E-state index is 13.2. The van der Waals surface area contributed by atoms with E-state index in [-0.39, 0.29) is 53.4 Å². The Morgan fingerprint density at radius 1 is 0.843 bits per heavy atom. The summed E-state index contributed by atoms with van der Waals surface area (Å²) in [6, 6.07) is 0. The summed E-state index contributed by atoms with van der Waals surface area (Å²) in [4.78, 5) is 13.2. The molecule has 2 aliphatic heterocycles. The molecule has 0 aromatic heterocycles. The van der Waals surface area contributed by atoms with Gasteiger partial charge in [-0.3, -0.25) is 4.79 Å². The molecule has 51 heavy (non-hydrogen) atoms. The van der Waals surface area contributed by atoms with Gasteiger partial charge in [-0.2, -0.15) is 0 Å². The van der Waals surface area contributed by atoms with Gasteiger partial charge in [0.15, 0.2) is 6.29 Å². The molecule has 0 bridgehead atoms. The first-order chi connectivity index (χ1) is 24.0. The van der Waals surface area contributed by atoms with Gasteiger partial charge in [0.05, 0.1) is 31.5 Å². The molecule has 6 rings (SSSR count). The lowest BCUT2D eigenvalue weighted by atomic mass is 9.43. The lowest BCUT2D eigenvalue weighted by Crippen LogP contribution is -2.62. The highest BCUT2D eigenvalue weighted by molar-refractivity contribution is 5.69. The number of rotatable bonds is 10. The summed E-state index contributed by atoms with van der Waals surface area (Å²) in [6.07, 6.45) is -9.18. The van der Waals surface area contributed by atoms with Gasteiger partial charge in [0.1, 0.15) is 49.3 Å². The summed E-state index contributed by atoms with van der Waals surface area (Å²) in [5.41, 5.74) is -0.490. The molecule has 0 amide bonds. The Kier molecular flexibility index (Phi) is 11.6. The highest BCUT2D eigenvalue weighted by Crippen LogP contribution is 2.68. The van der Waals surface area contributed by atoms with Crippen molar-refractivity contribution in [3.05, 3.63) is 0 Å². The van der Waals surface area contributed by atoms with Crippen LogP contribution >= 0.6 is 0 Å². The third-order valence-corrected chi connectivity index (χ3v) is 14.6. The van der Waals surface area contributed by atoms with Gasteiger partial charge >= 0.3 is 5.97 Å². The summed E-state index contributed by atoms with van der Waals surface area (Å²) in [5, 5.41) is 105. The molecule has 4 saturated carbocycles. The Hall–Kier alpha value is -1.05. The molecular formula is C36H60O15. The van der Waals surface area contributed by atoms with Gasteiger partial charge in [-0.1, -0.05) is 20.8 Å². The van der Waals surface area contributed by atoms with E-state index in [0.717, 1.165) is 25.7 Å². The minimum Gasteiger partial charge on any atom is -0.460 e. The number of carbonyl (C=O) groups is 1. The molecule has 294 valence electrons. The Bertz CT molecular complexity index is 1220. The Balaban J connectivity index is 1.10. The number of esters is 1. The van der Waals surface area contributed by atoms with Crippen molar-refractivity contribution < 1.29 is 74.8 Å². The Morgan fingerprint density at radius 3 is 2.22 bits per heavy atom. The predicted molar refractivity (Wildman–Crippen MR) is 175 cm³/mol. The molecule has 6 aliphatic rings. The molecule has 6 fully saturated rings. The summed E-state index contributed by atoms with van der Waals surface area (Å²) in [5.74, 6) is -2.36. The van der Waals surface area contributed by atoms with Gasteiger partial charge in [0.25, 0.3) is 0 Å². The molecule has 0 aromatic rings. The zero-order chi connectivity index (χ0) is 37.2. The average Bonchev–Trinajstić information content (AvgIpc) is 3.58. The van der Waals surface area contributed by atoms with Crippen LogP contribution in [0.15, 0.2) is 0 Å².